The summed E-state index contributed by atoms with van der Waals surface area (Å²) in [5.41, 5.74) is -0.258. The van der Waals surface area contributed by atoms with Crippen molar-refractivity contribution in [3.63, 3.8) is 0 Å². The Morgan fingerprint density at radius 2 is 1.84 bits per heavy atom. The van der Waals surface area contributed by atoms with Crippen LogP contribution in [0.4, 0.5) is 14.6 Å². The molecule has 10 heteroatoms. The first-order chi connectivity index (χ1) is 14.9. The maximum atomic E-state index is 13.8. The molecule has 0 unspecified atom stereocenters. The van der Waals surface area contributed by atoms with Crippen molar-refractivity contribution in [3.8, 4) is 5.88 Å². The standard InChI is InChI=1S/C21H24F2N4O4/c1-14-16(22)9-15(10-17(14)23)13-31-18-11-19-26(3-2-4-27(19)21(29)24-18)12-20(28)25-5-7-30-8-6-25/h9-11H,2-8,12-13H2,1H3. The molecule has 0 atom stereocenters. The van der Waals surface area contributed by atoms with Gasteiger partial charge in [-0.15, -0.1) is 0 Å². The summed E-state index contributed by atoms with van der Waals surface area (Å²) in [5, 5.41) is 0. The molecule has 166 valence electrons. The lowest BCUT2D eigenvalue weighted by atomic mass is 10.1. The number of hydrogen-bond donors (Lipinski definition) is 0. The van der Waals surface area contributed by atoms with Crippen molar-refractivity contribution in [2.24, 2.45) is 0 Å². The Hall–Kier alpha value is -3.01. The first-order valence-electron chi connectivity index (χ1n) is 10.2. The largest absolute Gasteiger partial charge is 0.473 e. The zero-order valence-corrected chi connectivity index (χ0v) is 17.3. The maximum Gasteiger partial charge on any atom is 0.352 e. The van der Waals surface area contributed by atoms with Crippen molar-refractivity contribution >= 4 is 11.7 Å². The van der Waals surface area contributed by atoms with Crippen LogP contribution in [0.3, 0.4) is 0 Å². The summed E-state index contributed by atoms with van der Waals surface area (Å²) in [6.45, 7) is 4.60. The second-order valence-electron chi connectivity index (χ2n) is 7.63. The SMILES string of the molecule is Cc1c(F)cc(COc2cc3n(c(=O)n2)CCCN3CC(=O)N2CCOCC2)cc1F. The molecule has 0 spiro atoms. The molecule has 1 aromatic carbocycles. The minimum atomic E-state index is -0.662. The first-order valence-corrected chi connectivity index (χ1v) is 10.2. The third-order valence-corrected chi connectivity index (χ3v) is 5.52. The van der Waals surface area contributed by atoms with Gasteiger partial charge in [-0.05, 0) is 31.0 Å². The van der Waals surface area contributed by atoms with Gasteiger partial charge in [0, 0.05) is 37.8 Å². The van der Waals surface area contributed by atoms with Gasteiger partial charge >= 0.3 is 5.69 Å². The predicted molar refractivity (Wildman–Crippen MR) is 108 cm³/mol. The lowest BCUT2D eigenvalue weighted by Gasteiger charge is -2.34. The van der Waals surface area contributed by atoms with Crippen molar-refractivity contribution in [1.82, 2.24) is 14.5 Å². The Bertz CT molecular complexity index is 1010. The fraction of sp³-hybridized carbons (Fsp3) is 0.476. The molecular formula is C21H24F2N4O4. The Morgan fingerprint density at radius 1 is 1.13 bits per heavy atom. The number of hydrogen-bond acceptors (Lipinski definition) is 6. The van der Waals surface area contributed by atoms with Crippen LogP contribution in [0.25, 0.3) is 0 Å². The van der Waals surface area contributed by atoms with Crippen molar-refractivity contribution in [2.45, 2.75) is 26.5 Å². The van der Waals surface area contributed by atoms with E-state index in [1.165, 1.54) is 23.6 Å². The summed E-state index contributed by atoms with van der Waals surface area (Å²) in [6, 6.07) is 3.97. The second-order valence-corrected chi connectivity index (χ2v) is 7.63. The molecular weight excluding hydrogens is 410 g/mol. The highest BCUT2D eigenvalue weighted by molar-refractivity contribution is 5.81. The van der Waals surface area contributed by atoms with Crippen LogP contribution >= 0.6 is 0 Å². The van der Waals surface area contributed by atoms with Gasteiger partial charge in [-0.3, -0.25) is 9.36 Å². The Labute approximate surface area is 178 Å². The van der Waals surface area contributed by atoms with Gasteiger partial charge in [-0.25, -0.2) is 13.6 Å². The van der Waals surface area contributed by atoms with Crippen LogP contribution in [-0.4, -0.2) is 59.8 Å². The number of halogens is 2. The van der Waals surface area contributed by atoms with Crippen molar-refractivity contribution in [1.29, 1.82) is 0 Å². The number of nitrogens with zero attached hydrogens (tertiary/aromatic N) is 4. The van der Waals surface area contributed by atoms with Crippen LogP contribution in [0.2, 0.25) is 0 Å². The van der Waals surface area contributed by atoms with E-state index >= 15 is 0 Å². The second kappa shape index (κ2) is 9.01. The van der Waals surface area contributed by atoms with Gasteiger partial charge in [0.25, 0.3) is 0 Å². The molecule has 0 aliphatic carbocycles. The van der Waals surface area contributed by atoms with E-state index in [-0.39, 0.29) is 30.5 Å². The molecule has 31 heavy (non-hydrogen) atoms. The number of carbonyl (C=O) groups is 1. The number of anilines is 1. The monoisotopic (exact) mass is 434 g/mol. The van der Waals surface area contributed by atoms with Crippen molar-refractivity contribution < 1.29 is 23.0 Å². The molecule has 4 rings (SSSR count). The Kier molecular flexibility index (Phi) is 6.17. The van der Waals surface area contributed by atoms with E-state index in [0.29, 0.717) is 57.2 Å². The fourth-order valence-electron chi connectivity index (χ4n) is 3.73. The molecule has 1 saturated heterocycles. The molecule has 0 N–H and O–H groups in total. The molecule has 0 radical (unpaired) electrons. The highest BCUT2D eigenvalue weighted by atomic mass is 19.1. The summed E-state index contributed by atoms with van der Waals surface area (Å²) >= 11 is 0. The van der Waals surface area contributed by atoms with E-state index in [4.69, 9.17) is 9.47 Å². The minimum absolute atomic E-state index is 0.0333. The molecule has 2 aliphatic rings. The minimum Gasteiger partial charge on any atom is -0.473 e. The van der Waals surface area contributed by atoms with Gasteiger partial charge in [-0.2, -0.15) is 4.98 Å². The molecule has 8 nitrogen and oxygen atoms in total. The molecule has 0 bridgehead atoms. The predicted octanol–water partition coefficient (Wildman–Crippen LogP) is 1.48. The van der Waals surface area contributed by atoms with Gasteiger partial charge in [0.1, 0.15) is 24.1 Å². The lowest BCUT2D eigenvalue weighted by Crippen LogP contribution is -2.48. The smallest absolute Gasteiger partial charge is 0.352 e. The number of amides is 1. The molecule has 1 amide bonds. The fourth-order valence-corrected chi connectivity index (χ4v) is 3.73. The van der Waals surface area contributed by atoms with E-state index in [0.717, 1.165) is 0 Å². The Morgan fingerprint density at radius 3 is 2.55 bits per heavy atom. The van der Waals surface area contributed by atoms with Crippen LogP contribution in [-0.2, 0) is 22.7 Å². The van der Waals surface area contributed by atoms with Crippen LogP contribution in [0, 0.1) is 18.6 Å². The number of aromatic nitrogens is 2. The van der Waals surface area contributed by atoms with Crippen molar-refractivity contribution in [3.05, 3.63) is 51.4 Å². The molecule has 2 aromatic rings. The van der Waals surface area contributed by atoms with Gasteiger partial charge < -0.3 is 19.3 Å². The number of rotatable bonds is 5. The number of ether oxygens (including phenoxy) is 2. The summed E-state index contributed by atoms with van der Waals surface area (Å²) in [6.07, 6.45) is 0.715. The van der Waals surface area contributed by atoms with Crippen molar-refractivity contribution in [2.75, 3.05) is 44.3 Å². The molecule has 0 saturated carbocycles. The summed E-state index contributed by atoms with van der Waals surface area (Å²) in [5.74, 6) is -0.767. The number of carbonyl (C=O) groups excluding carboxylic acids is 1. The molecule has 2 aliphatic heterocycles. The molecule has 1 aromatic heterocycles. The van der Waals surface area contributed by atoms with Crippen LogP contribution in [0.5, 0.6) is 5.88 Å². The van der Waals surface area contributed by atoms with E-state index in [2.05, 4.69) is 4.98 Å². The van der Waals surface area contributed by atoms with Gasteiger partial charge in [-0.1, -0.05) is 0 Å². The average molecular weight is 434 g/mol. The Balaban J connectivity index is 1.51. The van der Waals surface area contributed by atoms with Gasteiger partial charge in [0.2, 0.25) is 11.8 Å². The van der Waals surface area contributed by atoms with Gasteiger partial charge in [0.15, 0.2) is 0 Å². The first kappa shape index (κ1) is 21.2. The molecule has 1 fully saturated rings. The normalized spacial score (nSPS) is 16.2. The van der Waals surface area contributed by atoms with E-state index < -0.39 is 17.3 Å². The number of fused-ring (bicyclic) bond motifs is 1. The number of benzene rings is 1. The van der Waals surface area contributed by atoms with Crippen LogP contribution in [0.15, 0.2) is 23.0 Å². The summed E-state index contributed by atoms with van der Waals surface area (Å²) in [4.78, 5) is 32.7. The van der Waals surface area contributed by atoms with Crippen LogP contribution < -0.4 is 15.3 Å². The molecule has 3 heterocycles. The maximum absolute atomic E-state index is 13.8. The summed E-state index contributed by atoms with van der Waals surface area (Å²) < 4.78 is 39.9. The lowest BCUT2D eigenvalue weighted by molar-refractivity contribution is -0.133. The van der Waals surface area contributed by atoms with Gasteiger partial charge in [0.05, 0.1) is 19.8 Å². The van der Waals surface area contributed by atoms with E-state index in [1.54, 1.807) is 11.0 Å². The van der Waals surface area contributed by atoms with E-state index in [9.17, 15) is 18.4 Å². The third kappa shape index (κ3) is 4.68. The number of morpholine rings is 1. The summed E-state index contributed by atoms with van der Waals surface area (Å²) in [7, 11) is 0. The topological polar surface area (TPSA) is 76.9 Å². The zero-order valence-electron chi connectivity index (χ0n) is 17.3. The zero-order chi connectivity index (χ0) is 22.0. The average Bonchev–Trinajstić information content (AvgIpc) is 2.77. The highest BCUT2D eigenvalue weighted by Gasteiger charge is 2.25. The third-order valence-electron chi connectivity index (χ3n) is 5.52. The quantitative estimate of drug-likeness (QED) is 0.710. The van der Waals surface area contributed by atoms with Crippen LogP contribution in [0.1, 0.15) is 17.5 Å². The highest BCUT2D eigenvalue weighted by Crippen LogP contribution is 2.23. The van der Waals surface area contributed by atoms with E-state index in [1.807, 2.05) is 4.90 Å².